The lowest BCUT2D eigenvalue weighted by molar-refractivity contribution is 0.336. The molecule has 2 rings (SSSR count). The van der Waals surface area contributed by atoms with Crippen LogP contribution in [0.4, 0.5) is 8.78 Å². The lowest BCUT2D eigenvalue weighted by atomic mass is 10.0. The third kappa shape index (κ3) is 3.91. The van der Waals surface area contributed by atoms with Crippen LogP contribution in [0.5, 0.6) is 5.75 Å². The molecule has 2 aromatic rings. The van der Waals surface area contributed by atoms with Crippen molar-refractivity contribution in [3.63, 3.8) is 0 Å². The number of rotatable bonds is 7. The van der Waals surface area contributed by atoms with Gasteiger partial charge in [-0.2, -0.15) is 0 Å². The smallest absolute Gasteiger partial charge is 0.270 e. The largest absolute Gasteiger partial charge is 0.494 e. The number of hydrogen-bond acceptors (Lipinski definition) is 3. The molecule has 7 heteroatoms. The van der Waals surface area contributed by atoms with Gasteiger partial charge in [-0.3, -0.25) is 4.79 Å². The number of nitrogens with zero attached hydrogens (tertiary/aromatic N) is 1. The van der Waals surface area contributed by atoms with Gasteiger partial charge >= 0.3 is 0 Å². The van der Waals surface area contributed by atoms with Crippen LogP contribution in [-0.2, 0) is 13.1 Å². The van der Waals surface area contributed by atoms with Gasteiger partial charge in [-0.15, -0.1) is 6.58 Å². The van der Waals surface area contributed by atoms with Gasteiger partial charge in [0, 0.05) is 25.2 Å². The van der Waals surface area contributed by atoms with E-state index in [9.17, 15) is 13.6 Å². The van der Waals surface area contributed by atoms with Crippen molar-refractivity contribution in [2.24, 2.45) is 0 Å². The summed E-state index contributed by atoms with van der Waals surface area (Å²) in [5.41, 5.74) is -0.217. The lowest BCUT2D eigenvalue weighted by Crippen LogP contribution is -2.25. The highest BCUT2D eigenvalue weighted by atomic mass is 35.5. The van der Waals surface area contributed by atoms with Crippen LogP contribution in [0.15, 0.2) is 35.6 Å². The SMILES string of the molecule is C=CCn1c(-c2c(F)cc(OCC)cc2F)c(CNC)cc(Cl)c1=O. The number of benzene rings is 1. The van der Waals surface area contributed by atoms with Gasteiger partial charge in [0.15, 0.2) is 0 Å². The van der Waals surface area contributed by atoms with Crippen molar-refractivity contribution in [3.05, 3.63) is 63.4 Å². The maximum absolute atomic E-state index is 14.7. The average Bonchev–Trinajstić information content (AvgIpc) is 2.54. The standard InChI is InChI=1S/C18H19ClF2N2O2/c1-4-6-23-17(11(10-22-3)7-13(19)18(23)24)16-14(20)8-12(25-5-2)9-15(16)21/h4,7-9,22H,1,5-6,10H2,2-3H3. The molecule has 0 amide bonds. The molecule has 0 saturated carbocycles. The number of halogens is 3. The maximum Gasteiger partial charge on any atom is 0.270 e. The molecule has 0 aliphatic heterocycles. The van der Waals surface area contributed by atoms with Crippen molar-refractivity contribution in [2.45, 2.75) is 20.0 Å². The van der Waals surface area contributed by atoms with Gasteiger partial charge in [0.25, 0.3) is 5.56 Å². The Kier molecular flexibility index (Phi) is 6.33. The minimum absolute atomic E-state index is 0.0254. The van der Waals surface area contributed by atoms with Gasteiger partial charge in [0.1, 0.15) is 22.4 Å². The Bertz CT molecular complexity index is 827. The van der Waals surface area contributed by atoms with Crippen LogP contribution in [0, 0.1) is 11.6 Å². The summed E-state index contributed by atoms with van der Waals surface area (Å²) in [6, 6.07) is 3.62. The number of ether oxygens (including phenoxy) is 1. The number of aromatic nitrogens is 1. The highest BCUT2D eigenvalue weighted by Gasteiger charge is 2.22. The van der Waals surface area contributed by atoms with E-state index in [0.717, 1.165) is 12.1 Å². The van der Waals surface area contributed by atoms with Crippen LogP contribution in [-0.4, -0.2) is 18.2 Å². The van der Waals surface area contributed by atoms with Gasteiger partial charge in [0.2, 0.25) is 0 Å². The molecule has 1 heterocycles. The van der Waals surface area contributed by atoms with Gasteiger partial charge in [0.05, 0.1) is 17.9 Å². The van der Waals surface area contributed by atoms with E-state index in [-0.39, 0.29) is 41.7 Å². The number of pyridine rings is 1. The first-order valence-electron chi connectivity index (χ1n) is 7.74. The molecule has 1 aromatic heterocycles. The Hall–Kier alpha value is -2.18. The molecule has 0 fully saturated rings. The molecule has 134 valence electrons. The minimum atomic E-state index is -0.819. The normalized spacial score (nSPS) is 10.8. The first-order valence-corrected chi connectivity index (χ1v) is 8.12. The first kappa shape index (κ1) is 19.1. The van der Waals surface area contributed by atoms with E-state index in [4.69, 9.17) is 16.3 Å². The molecule has 0 aliphatic carbocycles. The zero-order chi connectivity index (χ0) is 18.6. The third-order valence-electron chi connectivity index (χ3n) is 3.57. The van der Waals surface area contributed by atoms with E-state index in [2.05, 4.69) is 11.9 Å². The Morgan fingerprint density at radius 2 is 1.96 bits per heavy atom. The summed E-state index contributed by atoms with van der Waals surface area (Å²) in [6.45, 7) is 5.94. The average molecular weight is 369 g/mol. The van der Waals surface area contributed by atoms with E-state index in [1.54, 1.807) is 14.0 Å². The van der Waals surface area contributed by atoms with Crippen LogP contribution in [0.2, 0.25) is 5.02 Å². The Labute approximate surface area is 149 Å². The van der Waals surface area contributed by atoms with E-state index >= 15 is 0 Å². The van der Waals surface area contributed by atoms with Crippen LogP contribution in [0.1, 0.15) is 12.5 Å². The number of nitrogens with one attached hydrogen (secondary N) is 1. The highest BCUT2D eigenvalue weighted by Crippen LogP contribution is 2.32. The second kappa shape index (κ2) is 8.27. The summed E-state index contributed by atoms with van der Waals surface area (Å²) in [4.78, 5) is 12.4. The van der Waals surface area contributed by atoms with E-state index in [0.29, 0.717) is 5.56 Å². The van der Waals surface area contributed by atoms with Crippen molar-refractivity contribution in [1.82, 2.24) is 9.88 Å². The molecule has 1 aromatic carbocycles. The molecule has 4 nitrogen and oxygen atoms in total. The molecule has 1 N–H and O–H groups in total. The molecular formula is C18H19ClF2N2O2. The van der Waals surface area contributed by atoms with Crippen molar-refractivity contribution in [2.75, 3.05) is 13.7 Å². The zero-order valence-corrected chi connectivity index (χ0v) is 14.8. The van der Waals surface area contributed by atoms with Crippen LogP contribution >= 0.6 is 11.6 Å². The summed E-state index contributed by atoms with van der Waals surface area (Å²) in [5.74, 6) is -1.55. The molecular weight excluding hydrogens is 350 g/mol. The molecule has 0 aliphatic rings. The van der Waals surface area contributed by atoms with E-state index in [1.807, 2.05) is 0 Å². The van der Waals surface area contributed by atoms with Crippen molar-refractivity contribution in [1.29, 1.82) is 0 Å². The molecule has 0 bridgehead atoms. The Morgan fingerprint density at radius 3 is 2.48 bits per heavy atom. The van der Waals surface area contributed by atoms with Crippen LogP contribution in [0.25, 0.3) is 11.3 Å². The summed E-state index contributed by atoms with van der Waals surface area (Å²) in [7, 11) is 1.69. The fourth-order valence-corrected chi connectivity index (χ4v) is 2.87. The molecule has 0 unspecified atom stereocenters. The Balaban J connectivity index is 2.83. The van der Waals surface area contributed by atoms with Gasteiger partial charge < -0.3 is 14.6 Å². The van der Waals surface area contributed by atoms with E-state index < -0.39 is 17.2 Å². The van der Waals surface area contributed by atoms with Gasteiger partial charge in [-0.1, -0.05) is 17.7 Å². The first-order chi connectivity index (χ1) is 11.9. The number of allylic oxidation sites excluding steroid dienone is 1. The summed E-state index contributed by atoms with van der Waals surface area (Å²) >= 11 is 5.99. The van der Waals surface area contributed by atoms with Gasteiger partial charge in [-0.05, 0) is 25.6 Å². The quantitative estimate of drug-likeness (QED) is 0.757. The van der Waals surface area contributed by atoms with Crippen LogP contribution in [0.3, 0.4) is 0 Å². The van der Waals surface area contributed by atoms with E-state index in [1.165, 1.54) is 16.7 Å². The predicted octanol–water partition coefficient (Wildman–Crippen LogP) is 3.75. The fourth-order valence-electron chi connectivity index (χ4n) is 2.64. The van der Waals surface area contributed by atoms with Gasteiger partial charge in [-0.25, -0.2) is 8.78 Å². The second-order valence-electron chi connectivity index (χ2n) is 5.30. The highest BCUT2D eigenvalue weighted by molar-refractivity contribution is 6.30. The third-order valence-corrected chi connectivity index (χ3v) is 3.84. The van der Waals surface area contributed by atoms with Crippen molar-refractivity contribution < 1.29 is 13.5 Å². The van der Waals surface area contributed by atoms with Crippen molar-refractivity contribution >= 4 is 11.6 Å². The summed E-state index contributed by atoms with van der Waals surface area (Å²) in [6.07, 6.45) is 1.47. The number of hydrogen-bond donors (Lipinski definition) is 1. The summed E-state index contributed by atoms with van der Waals surface area (Å²) < 4.78 is 35.7. The van der Waals surface area contributed by atoms with Crippen LogP contribution < -0.4 is 15.6 Å². The molecule has 0 spiro atoms. The molecule has 25 heavy (non-hydrogen) atoms. The topological polar surface area (TPSA) is 43.3 Å². The fraction of sp³-hybridized carbons (Fsp3) is 0.278. The maximum atomic E-state index is 14.7. The monoisotopic (exact) mass is 368 g/mol. The predicted molar refractivity (Wildman–Crippen MR) is 95.2 cm³/mol. The lowest BCUT2D eigenvalue weighted by Gasteiger charge is -2.18. The molecule has 0 radical (unpaired) electrons. The molecule has 0 saturated heterocycles. The molecule has 0 atom stereocenters. The Morgan fingerprint density at radius 1 is 1.32 bits per heavy atom. The zero-order valence-electron chi connectivity index (χ0n) is 14.0. The minimum Gasteiger partial charge on any atom is -0.494 e. The summed E-state index contributed by atoms with van der Waals surface area (Å²) in [5, 5.41) is 2.89. The van der Waals surface area contributed by atoms with Crippen molar-refractivity contribution in [3.8, 4) is 17.0 Å². The second-order valence-corrected chi connectivity index (χ2v) is 5.70.